The number of pyridine rings is 1. The summed E-state index contributed by atoms with van der Waals surface area (Å²) in [7, 11) is 0. The molecule has 0 bridgehead atoms. The van der Waals surface area contributed by atoms with E-state index in [9.17, 15) is 0 Å². The fourth-order valence-corrected chi connectivity index (χ4v) is 2.17. The highest BCUT2D eigenvalue weighted by Crippen LogP contribution is 2.32. The predicted molar refractivity (Wildman–Crippen MR) is 76.0 cm³/mol. The third-order valence-electron chi connectivity index (χ3n) is 2.71. The van der Waals surface area contributed by atoms with Gasteiger partial charge in [-0.1, -0.05) is 32.9 Å². The number of nitrogens with one attached hydrogen (secondary N) is 1. The van der Waals surface area contributed by atoms with Crippen LogP contribution in [0, 0.1) is 0 Å². The number of nitrogen functional groups attached to an aromatic ring is 1. The topological polar surface area (TPSA) is 50.9 Å². The molecule has 0 spiro atoms. The van der Waals surface area contributed by atoms with Gasteiger partial charge < -0.3 is 5.43 Å². The lowest BCUT2D eigenvalue weighted by atomic mass is 9.91. The van der Waals surface area contributed by atoms with Crippen LogP contribution in [0.3, 0.4) is 0 Å². The molecule has 0 radical (unpaired) electrons. The molecule has 0 aliphatic heterocycles. The van der Waals surface area contributed by atoms with E-state index in [1.165, 1.54) is 0 Å². The van der Waals surface area contributed by atoms with E-state index in [0.717, 1.165) is 26.8 Å². The number of aromatic nitrogens is 1. The van der Waals surface area contributed by atoms with Crippen molar-refractivity contribution in [3.05, 3.63) is 34.4 Å². The maximum atomic E-state index is 5.59. The second-order valence-electron chi connectivity index (χ2n) is 5.09. The maximum Gasteiger partial charge on any atom is 0.0868 e. The number of fused-ring (bicyclic) bond motifs is 1. The third kappa shape index (κ3) is 2.28. The molecular formula is C13H16BrN3. The number of nitrogens with two attached hydrogens (primary N) is 1. The van der Waals surface area contributed by atoms with E-state index in [0.29, 0.717) is 0 Å². The van der Waals surface area contributed by atoms with Crippen LogP contribution in [0.1, 0.15) is 26.5 Å². The van der Waals surface area contributed by atoms with Gasteiger partial charge in [-0.3, -0.25) is 10.8 Å². The summed E-state index contributed by atoms with van der Waals surface area (Å²) in [4.78, 5) is 4.71. The van der Waals surface area contributed by atoms with Gasteiger partial charge in [0.05, 0.1) is 11.2 Å². The van der Waals surface area contributed by atoms with Gasteiger partial charge in [-0.15, -0.1) is 0 Å². The predicted octanol–water partition coefficient (Wildman–Crippen LogP) is 3.58. The zero-order valence-electron chi connectivity index (χ0n) is 10.2. The molecule has 17 heavy (non-hydrogen) atoms. The molecule has 3 N–H and O–H groups in total. The van der Waals surface area contributed by atoms with E-state index in [4.69, 9.17) is 10.8 Å². The Bertz CT molecular complexity index is 558. The van der Waals surface area contributed by atoms with Crippen molar-refractivity contribution in [1.82, 2.24) is 4.98 Å². The number of rotatable bonds is 1. The normalized spacial score (nSPS) is 11.8. The number of para-hydroxylation sites is 1. The van der Waals surface area contributed by atoms with Crippen LogP contribution in [-0.4, -0.2) is 4.98 Å². The Morgan fingerprint density at radius 3 is 2.59 bits per heavy atom. The van der Waals surface area contributed by atoms with Gasteiger partial charge in [0.2, 0.25) is 0 Å². The quantitative estimate of drug-likeness (QED) is 0.624. The summed E-state index contributed by atoms with van der Waals surface area (Å²) >= 11 is 3.53. The van der Waals surface area contributed by atoms with E-state index < -0.39 is 0 Å². The number of benzene rings is 1. The van der Waals surface area contributed by atoms with Gasteiger partial charge in [-0.25, -0.2) is 0 Å². The highest BCUT2D eigenvalue weighted by molar-refractivity contribution is 9.10. The summed E-state index contributed by atoms with van der Waals surface area (Å²) in [5.41, 5.74) is 5.60. The Hall–Kier alpha value is -1.13. The molecule has 2 rings (SSSR count). The molecule has 90 valence electrons. The van der Waals surface area contributed by atoms with Crippen LogP contribution in [0.15, 0.2) is 28.7 Å². The van der Waals surface area contributed by atoms with Gasteiger partial charge in [-0.2, -0.15) is 0 Å². The van der Waals surface area contributed by atoms with Crippen molar-refractivity contribution in [1.29, 1.82) is 0 Å². The highest BCUT2D eigenvalue weighted by atomic mass is 79.9. The van der Waals surface area contributed by atoms with Crippen molar-refractivity contribution < 1.29 is 0 Å². The third-order valence-corrected chi connectivity index (χ3v) is 3.35. The summed E-state index contributed by atoms with van der Waals surface area (Å²) in [6, 6.07) is 7.98. The molecule has 0 unspecified atom stereocenters. The first-order valence-electron chi connectivity index (χ1n) is 5.50. The van der Waals surface area contributed by atoms with Crippen molar-refractivity contribution >= 4 is 32.5 Å². The SMILES string of the molecule is CC(C)(C)c1cc(NN)c2cccc(Br)c2n1. The van der Waals surface area contributed by atoms with Crippen molar-refractivity contribution in [2.24, 2.45) is 5.84 Å². The van der Waals surface area contributed by atoms with Crippen molar-refractivity contribution in [2.45, 2.75) is 26.2 Å². The van der Waals surface area contributed by atoms with Crippen molar-refractivity contribution in [3.8, 4) is 0 Å². The summed E-state index contributed by atoms with van der Waals surface area (Å²) in [6.45, 7) is 6.41. The largest absolute Gasteiger partial charge is 0.323 e. The van der Waals surface area contributed by atoms with Crippen LogP contribution in [-0.2, 0) is 5.41 Å². The van der Waals surface area contributed by atoms with Gasteiger partial charge in [0.15, 0.2) is 0 Å². The summed E-state index contributed by atoms with van der Waals surface area (Å²) < 4.78 is 0.984. The molecule has 0 aliphatic rings. The summed E-state index contributed by atoms with van der Waals surface area (Å²) in [5.74, 6) is 5.59. The van der Waals surface area contributed by atoms with Crippen LogP contribution < -0.4 is 11.3 Å². The van der Waals surface area contributed by atoms with E-state index in [2.05, 4.69) is 42.1 Å². The van der Waals surface area contributed by atoms with Crippen molar-refractivity contribution in [3.63, 3.8) is 0 Å². The van der Waals surface area contributed by atoms with Crippen LogP contribution in [0.4, 0.5) is 5.69 Å². The lowest BCUT2D eigenvalue weighted by Crippen LogP contribution is -2.16. The van der Waals surface area contributed by atoms with Crippen molar-refractivity contribution in [2.75, 3.05) is 5.43 Å². The smallest absolute Gasteiger partial charge is 0.0868 e. The first-order chi connectivity index (χ1) is 7.93. The van der Waals surface area contributed by atoms with Crippen LogP contribution >= 0.6 is 15.9 Å². The molecule has 0 amide bonds. The minimum absolute atomic E-state index is 0.00489. The van der Waals surface area contributed by atoms with Gasteiger partial charge in [-0.05, 0) is 28.1 Å². The zero-order chi connectivity index (χ0) is 12.6. The van der Waals surface area contributed by atoms with Gasteiger partial charge >= 0.3 is 0 Å². The lowest BCUT2D eigenvalue weighted by molar-refractivity contribution is 0.571. The van der Waals surface area contributed by atoms with Crippen LogP contribution in [0.25, 0.3) is 10.9 Å². The summed E-state index contributed by atoms with van der Waals surface area (Å²) in [5, 5.41) is 1.02. The standard InChI is InChI=1S/C13H16BrN3/c1-13(2,3)11-7-10(17-15)8-5-4-6-9(14)12(8)16-11/h4-7H,15H2,1-3H3,(H,16,17). The number of hydrogen-bond acceptors (Lipinski definition) is 3. The first-order valence-corrected chi connectivity index (χ1v) is 6.29. The van der Waals surface area contributed by atoms with Gasteiger partial charge in [0.1, 0.15) is 0 Å². The molecule has 4 heteroatoms. The molecule has 1 heterocycles. The Balaban J connectivity index is 2.81. The zero-order valence-corrected chi connectivity index (χ0v) is 11.8. The fraction of sp³-hybridized carbons (Fsp3) is 0.308. The average molecular weight is 294 g/mol. The van der Waals surface area contributed by atoms with Gasteiger partial charge in [0.25, 0.3) is 0 Å². The first kappa shape index (κ1) is 12.3. The average Bonchev–Trinajstić information content (AvgIpc) is 2.27. The van der Waals surface area contributed by atoms with E-state index in [1.807, 2.05) is 24.3 Å². The van der Waals surface area contributed by atoms with E-state index in [1.54, 1.807) is 0 Å². The molecule has 0 atom stereocenters. The Morgan fingerprint density at radius 1 is 1.29 bits per heavy atom. The Labute approximate surface area is 110 Å². The second kappa shape index (κ2) is 4.27. The Morgan fingerprint density at radius 2 is 2.00 bits per heavy atom. The molecular weight excluding hydrogens is 278 g/mol. The number of hydrazine groups is 1. The molecule has 2 aromatic rings. The monoisotopic (exact) mass is 293 g/mol. The van der Waals surface area contributed by atoms with Crippen LogP contribution in [0.2, 0.25) is 0 Å². The molecule has 3 nitrogen and oxygen atoms in total. The molecule has 1 aromatic carbocycles. The minimum atomic E-state index is -0.00489. The number of nitrogens with zero attached hydrogens (tertiary/aromatic N) is 1. The molecule has 0 aliphatic carbocycles. The van der Waals surface area contributed by atoms with Crippen LogP contribution in [0.5, 0.6) is 0 Å². The lowest BCUT2D eigenvalue weighted by Gasteiger charge is -2.20. The molecule has 0 saturated carbocycles. The molecule has 1 aromatic heterocycles. The van der Waals surface area contributed by atoms with Gasteiger partial charge in [0, 0.05) is 21.0 Å². The molecule has 0 saturated heterocycles. The van der Waals surface area contributed by atoms with E-state index in [-0.39, 0.29) is 5.41 Å². The second-order valence-corrected chi connectivity index (χ2v) is 5.94. The highest BCUT2D eigenvalue weighted by Gasteiger charge is 2.18. The maximum absolute atomic E-state index is 5.59. The fourth-order valence-electron chi connectivity index (χ4n) is 1.72. The number of halogens is 1. The summed E-state index contributed by atoms with van der Waals surface area (Å²) in [6.07, 6.45) is 0. The molecule has 0 fully saturated rings. The number of hydrogen-bond donors (Lipinski definition) is 2. The van der Waals surface area contributed by atoms with E-state index >= 15 is 0 Å². The number of anilines is 1. The Kier molecular flexibility index (Phi) is 3.10. The minimum Gasteiger partial charge on any atom is -0.323 e.